The molecule has 0 saturated heterocycles. The van der Waals surface area contributed by atoms with Crippen LogP contribution in [0.2, 0.25) is 5.02 Å². The molecule has 24 heavy (non-hydrogen) atoms. The second kappa shape index (κ2) is 6.25. The molecular weight excluding hydrogens is 322 g/mol. The first kappa shape index (κ1) is 16.3. The normalized spacial score (nSPS) is 34.8. The molecule has 1 aromatic carbocycles. The molecule has 0 aliphatic heterocycles. The van der Waals surface area contributed by atoms with Crippen molar-refractivity contribution in [1.29, 1.82) is 0 Å². The van der Waals surface area contributed by atoms with Crippen molar-refractivity contribution in [2.75, 3.05) is 0 Å². The molecule has 0 aromatic heterocycles. The predicted octanol–water partition coefficient (Wildman–Crippen LogP) is 4.58. The van der Waals surface area contributed by atoms with E-state index in [0.29, 0.717) is 17.2 Å². The van der Waals surface area contributed by atoms with E-state index in [4.69, 9.17) is 16.3 Å². The maximum absolute atomic E-state index is 12.9. The van der Waals surface area contributed by atoms with Crippen LogP contribution in [0.5, 0.6) is 5.75 Å². The molecule has 0 radical (unpaired) electrons. The molecular formula is C20H26ClNO2. The minimum absolute atomic E-state index is 0.0443. The lowest BCUT2D eigenvalue weighted by Crippen LogP contribution is -2.61. The number of hydrogen-bond donors (Lipinski definition) is 1. The second-order valence-electron chi connectivity index (χ2n) is 8.16. The zero-order chi connectivity index (χ0) is 16.7. The number of amides is 1. The first-order chi connectivity index (χ1) is 11.5. The molecule has 4 aliphatic rings. The van der Waals surface area contributed by atoms with Gasteiger partial charge in [0.05, 0.1) is 0 Å². The summed E-state index contributed by atoms with van der Waals surface area (Å²) in [5.41, 5.74) is 0.0443. The van der Waals surface area contributed by atoms with E-state index in [0.717, 1.165) is 17.8 Å². The van der Waals surface area contributed by atoms with Crippen LogP contribution in [0.3, 0.4) is 0 Å². The van der Waals surface area contributed by atoms with Crippen molar-refractivity contribution in [2.45, 2.75) is 63.5 Å². The van der Waals surface area contributed by atoms with E-state index in [1.807, 2.05) is 19.1 Å². The molecule has 3 nitrogen and oxygen atoms in total. The van der Waals surface area contributed by atoms with Gasteiger partial charge in [-0.05, 0) is 87.0 Å². The van der Waals surface area contributed by atoms with Crippen molar-refractivity contribution < 1.29 is 9.53 Å². The van der Waals surface area contributed by atoms with Crippen molar-refractivity contribution in [2.24, 2.45) is 17.8 Å². The summed E-state index contributed by atoms with van der Waals surface area (Å²) in [7, 11) is 0. The first-order valence-electron chi connectivity index (χ1n) is 9.29. The van der Waals surface area contributed by atoms with Gasteiger partial charge in [-0.25, -0.2) is 0 Å². The number of carbonyl (C=O) groups excluding carboxylic acids is 1. The van der Waals surface area contributed by atoms with Crippen LogP contribution in [0.1, 0.15) is 51.9 Å². The van der Waals surface area contributed by atoms with Gasteiger partial charge in [0.1, 0.15) is 5.75 Å². The van der Waals surface area contributed by atoms with Gasteiger partial charge in [-0.3, -0.25) is 4.79 Å². The van der Waals surface area contributed by atoms with E-state index in [9.17, 15) is 4.79 Å². The zero-order valence-corrected chi connectivity index (χ0v) is 15.0. The summed E-state index contributed by atoms with van der Waals surface area (Å²) in [6.07, 6.45) is 7.89. The van der Waals surface area contributed by atoms with Gasteiger partial charge in [-0.15, -0.1) is 0 Å². The van der Waals surface area contributed by atoms with Crippen molar-refractivity contribution in [3.8, 4) is 5.75 Å². The average molecular weight is 348 g/mol. The molecule has 4 aliphatic carbocycles. The Morgan fingerprint density at radius 1 is 1.17 bits per heavy atom. The molecule has 4 heteroatoms. The quantitative estimate of drug-likeness (QED) is 0.846. The summed E-state index contributed by atoms with van der Waals surface area (Å²) < 4.78 is 5.92. The summed E-state index contributed by atoms with van der Waals surface area (Å²) >= 11 is 5.91. The van der Waals surface area contributed by atoms with Crippen molar-refractivity contribution in [3.05, 3.63) is 29.3 Å². The summed E-state index contributed by atoms with van der Waals surface area (Å²) in [6, 6.07) is 7.23. The van der Waals surface area contributed by atoms with Crippen LogP contribution in [0.4, 0.5) is 0 Å². The third-order valence-corrected chi connectivity index (χ3v) is 6.43. The maximum Gasteiger partial charge on any atom is 0.261 e. The fourth-order valence-corrected chi connectivity index (χ4v) is 5.73. The number of ether oxygens (including phenoxy) is 1. The van der Waals surface area contributed by atoms with E-state index in [-0.39, 0.29) is 11.4 Å². The highest BCUT2D eigenvalue weighted by Crippen LogP contribution is 2.55. The summed E-state index contributed by atoms with van der Waals surface area (Å²) in [5, 5.41) is 4.09. The molecule has 1 amide bonds. The first-order valence-corrected chi connectivity index (χ1v) is 9.67. The van der Waals surface area contributed by atoms with Gasteiger partial charge in [0.2, 0.25) is 0 Å². The Labute approximate surface area is 149 Å². The smallest absolute Gasteiger partial charge is 0.261 e. The van der Waals surface area contributed by atoms with Gasteiger partial charge < -0.3 is 10.1 Å². The van der Waals surface area contributed by atoms with Gasteiger partial charge in [0.15, 0.2) is 6.10 Å². The topological polar surface area (TPSA) is 38.3 Å². The van der Waals surface area contributed by atoms with E-state index >= 15 is 0 Å². The number of halogens is 1. The lowest BCUT2D eigenvalue weighted by Gasteiger charge is -2.57. The Morgan fingerprint density at radius 3 is 2.21 bits per heavy atom. The maximum atomic E-state index is 12.9. The van der Waals surface area contributed by atoms with E-state index < -0.39 is 6.10 Å². The number of nitrogens with one attached hydrogen (secondary N) is 1. The second-order valence-corrected chi connectivity index (χ2v) is 8.59. The lowest BCUT2D eigenvalue weighted by molar-refractivity contribution is -0.134. The minimum atomic E-state index is -0.431. The van der Waals surface area contributed by atoms with Crippen molar-refractivity contribution in [1.82, 2.24) is 5.32 Å². The molecule has 5 rings (SSSR count). The average Bonchev–Trinajstić information content (AvgIpc) is 2.52. The Hall–Kier alpha value is -1.22. The molecule has 1 N–H and O–H groups in total. The Kier molecular flexibility index (Phi) is 4.24. The molecule has 4 saturated carbocycles. The van der Waals surface area contributed by atoms with Crippen LogP contribution in [0.15, 0.2) is 24.3 Å². The van der Waals surface area contributed by atoms with E-state index in [1.54, 1.807) is 12.1 Å². The van der Waals surface area contributed by atoms with Crippen LogP contribution in [-0.2, 0) is 4.79 Å². The van der Waals surface area contributed by atoms with Crippen LogP contribution in [0, 0.1) is 17.8 Å². The Balaban J connectivity index is 1.43. The van der Waals surface area contributed by atoms with Gasteiger partial charge >= 0.3 is 0 Å². The highest BCUT2D eigenvalue weighted by molar-refractivity contribution is 6.30. The molecule has 4 fully saturated rings. The fourth-order valence-electron chi connectivity index (χ4n) is 5.61. The van der Waals surface area contributed by atoms with Crippen LogP contribution < -0.4 is 10.1 Å². The monoisotopic (exact) mass is 347 g/mol. The summed E-state index contributed by atoms with van der Waals surface area (Å²) in [4.78, 5) is 12.9. The SMILES string of the molecule is CC[C@H](Oc1ccc(Cl)cc1)C(=O)NC12CC3CC(CC(C3)C1)C2. The molecule has 0 heterocycles. The van der Waals surface area contributed by atoms with Crippen LogP contribution >= 0.6 is 11.6 Å². The summed E-state index contributed by atoms with van der Waals surface area (Å²) in [6.45, 7) is 2.00. The third-order valence-electron chi connectivity index (χ3n) is 6.18. The Morgan fingerprint density at radius 2 is 1.71 bits per heavy atom. The molecule has 0 spiro atoms. The Bertz CT molecular complexity index is 577. The minimum Gasteiger partial charge on any atom is -0.481 e. The third kappa shape index (κ3) is 3.15. The van der Waals surface area contributed by atoms with Crippen LogP contribution in [0.25, 0.3) is 0 Å². The van der Waals surface area contributed by atoms with Crippen LogP contribution in [-0.4, -0.2) is 17.6 Å². The molecule has 0 unspecified atom stereocenters. The number of rotatable bonds is 5. The van der Waals surface area contributed by atoms with E-state index in [2.05, 4.69) is 5.32 Å². The summed E-state index contributed by atoms with van der Waals surface area (Å²) in [5.74, 6) is 3.23. The molecule has 1 aromatic rings. The zero-order valence-electron chi connectivity index (χ0n) is 14.3. The number of carbonyl (C=O) groups is 1. The number of benzene rings is 1. The van der Waals surface area contributed by atoms with Crippen molar-refractivity contribution >= 4 is 17.5 Å². The van der Waals surface area contributed by atoms with Gasteiger partial charge in [0, 0.05) is 10.6 Å². The molecule has 1 atom stereocenters. The highest BCUT2D eigenvalue weighted by Gasteiger charge is 2.51. The number of hydrogen-bond acceptors (Lipinski definition) is 2. The lowest BCUT2D eigenvalue weighted by atomic mass is 9.53. The predicted molar refractivity (Wildman–Crippen MR) is 95.2 cm³/mol. The highest BCUT2D eigenvalue weighted by atomic mass is 35.5. The molecule has 4 bridgehead atoms. The largest absolute Gasteiger partial charge is 0.481 e. The molecule has 130 valence electrons. The van der Waals surface area contributed by atoms with Crippen molar-refractivity contribution in [3.63, 3.8) is 0 Å². The van der Waals surface area contributed by atoms with Gasteiger partial charge in [0.25, 0.3) is 5.91 Å². The van der Waals surface area contributed by atoms with Gasteiger partial charge in [-0.2, -0.15) is 0 Å². The van der Waals surface area contributed by atoms with E-state index in [1.165, 1.54) is 38.5 Å². The van der Waals surface area contributed by atoms with Gasteiger partial charge in [-0.1, -0.05) is 18.5 Å². The fraction of sp³-hybridized carbons (Fsp3) is 0.650. The standard InChI is InChI=1S/C20H26ClNO2/c1-2-18(24-17-5-3-16(21)4-6-17)19(23)22-20-10-13-7-14(11-20)9-15(8-13)12-20/h3-6,13-15,18H,2,7-12H2,1H3,(H,22,23)/t13?,14?,15?,18-,20?/m0/s1.